The van der Waals surface area contributed by atoms with Gasteiger partial charge in [-0.25, -0.2) is 15.0 Å². The topological polar surface area (TPSA) is 94.1 Å². The fourth-order valence-corrected chi connectivity index (χ4v) is 2.91. The molecule has 1 amide bonds. The van der Waals surface area contributed by atoms with E-state index in [2.05, 4.69) is 25.0 Å². The Bertz CT molecular complexity index is 968. The molecule has 0 saturated heterocycles. The first-order valence-corrected chi connectivity index (χ1v) is 8.42. The molecule has 0 fully saturated rings. The number of carbonyl (C=O) groups excluding carboxylic acids is 2. The van der Waals surface area contributed by atoms with Gasteiger partial charge in [0.05, 0.1) is 41.6 Å². The molecule has 3 rings (SSSR count). The maximum absolute atomic E-state index is 12.4. The van der Waals surface area contributed by atoms with Gasteiger partial charge in [-0.15, -0.1) is 11.3 Å². The Kier molecular flexibility index (Phi) is 4.71. The van der Waals surface area contributed by atoms with Gasteiger partial charge in [-0.3, -0.25) is 14.9 Å². The number of rotatable bonds is 4. The molecule has 7 nitrogen and oxygen atoms in total. The third-order valence-corrected chi connectivity index (χ3v) is 4.47. The number of esters is 1. The molecular weight excluding hydrogens is 340 g/mol. The van der Waals surface area contributed by atoms with Crippen molar-refractivity contribution in [2.75, 3.05) is 12.4 Å². The van der Waals surface area contributed by atoms with Crippen LogP contribution in [0.15, 0.2) is 23.6 Å². The van der Waals surface area contributed by atoms with Crippen LogP contribution in [0.25, 0.3) is 11.0 Å². The van der Waals surface area contributed by atoms with Gasteiger partial charge in [-0.1, -0.05) is 0 Å². The standard InChI is InChI=1S/C17H16N4O3S/c1-9-10(2)19-14-6-11(4-5-13(14)18-9)16(23)21-17-20-12(8-25-17)7-15(22)24-3/h4-6,8H,7H2,1-3H3,(H,20,21,23). The summed E-state index contributed by atoms with van der Waals surface area (Å²) in [5.41, 5.74) is 4.14. The van der Waals surface area contributed by atoms with Crippen LogP contribution in [0, 0.1) is 13.8 Å². The molecule has 0 spiro atoms. The summed E-state index contributed by atoms with van der Waals surface area (Å²) in [6.07, 6.45) is 0.0765. The Morgan fingerprint density at radius 3 is 2.56 bits per heavy atom. The summed E-state index contributed by atoms with van der Waals surface area (Å²) in [6, 6.07) is 5.17. The molecule has 2 heterocycles. The lowest BCUT2D eigenvalue weighted by Crippen LogP contribution is -2.12. The van der Waals surface area contributed by atoms with E-state index in [0.29, 0.717) is 21.9 Å². The third kappa shape index (κ3) is 3.80. The van der Waals surface area contributed by atoms with Gasteiger partial charge in [0.15, 0.2) is 5.13 Å². The first-order valence-electron chi connectivity index (χ1n) is 7.54. The van der Waals surface area contributed by atoms with Crippen LogP contribution in [-0.4, -0.2) is 33.9 Å². The highest BCUT2D eigenvalue weighted by atomic mass is 32.1. The highest BCUT2D eigenvalue weighted by Gasteiger charge is 2.12. The van der Waals surface area contributed by atoms with Crippen LogP contribution in [0.3, 0.4) is 0 Å². The molecule has 0 saturated carbocycles. The lowest BCUT2D eigenvalue weighted by Gasteiger charge is -2.05. The lowest BCUT2D eigenvalue weighted by atomic mass is 10.1. The molecule has 0 aliphatic heterocycles. The van der Waals surface area contributed by atoms with E-state index in [1.165, 1.54) is 18.4 Å². The van der Waals surface area contributed by atoms with E-state index in [4.69, 9.17) is 0 Å². The number of carbonyl (C=O) groups is 2. The zero-order valence-corrected chi connectivity index (χ0v) is 14.8. The molecule has 0 aliphatic rings. The summed E-state index contributed by atoms with van der Waals surface area (Å²) >= 11 is 1.25. The van der Waals surface area contributed by atoms with E-state index in [0.717, 1.165) is 16.9 Å². The van der Waals surface area contributed by atoms with E-state index in [1.807, 2.05) is 13.8 Å². The Morgan fingerprint density at radius 1 is 1.12 bits per heavy atom. The number of nitrogens with one attached hydrogen (secondary N) is 1. The minimum atomic E-state index is -0.373. The minimum Gasteiger partial charge on any atom is -0.469 e. The van der Waals surface area contributed by atoms with Gasteiger partial charge < -0.3 is 4.74 Å². The van der Waals surface area contributed by atoms with Crippen molar-refractivity contribution < 1.29 is 14.3 Å². The summed E-state index contributed by atoms with van der Waals surface area (Å²) in [5.74, 6) is -0.664. The maximum Gasteiger partial charge on any atom is 0.311 e. The van der Waals surface area contributed by atoms with Crippen LogP contribution in [-0.2, 0) is 16.0 Å². The number of anilines is 1. The van der Waals surface area contributed by atoms with E-state index in [1.54, 1.807) is 23.6 Å². The zero-order valence-electron chi connectivity index (χ0n) is 14.0. The Balaban J connectivity index is 1.78. The van der Waals surface area contributed by atoms with Crippen LogP contribution < -0.4 is 5.32 Å². The number of aryl methyl sites for hydroxylation is 2. The van der Waals surface area contributed by atoms with Crippen molar-refractivity contribution in [2.45, 2.75) is 20.3 Å². The average molecular weight is 356 g/mol. The second kappa shape index (κ2) is 6.94. The van der Waals surface area contributed by atoms with Crippen molar-refractivity contribution in [1.29, 1.82) is 0 Å². The average Bonchev–Trinajstić information content (AvgIpc) is 3.02. The zero-order chi connectivity index (χ0) is 18.0. The summed E-state index contributed by atoms with van der Waals surface area (Å²) in [6.45, 7) is 3.78. The minimum absolute atomic E-state index is 0.0765. The Morgan fingerprint density at radius 2 is 1.84 bits per heavy atom. The van der Waals surface area contributed by atoms with E-state index in [9.17, 15) is 9.59 Å². The van der Waals surface area contributed by atoms with Crippen molar-refractivity contribution >= 4 is 39.4 Å². The van der Waals surface area contributed by atoms with E-state index < -0.39 is 0 Å². The summed E-state index contributed by atoms with van der Waals surface area (Å²) in [4.78, 5) is 36.8. The number of hydrogen-bond acceptors (Lipinski definition) is 7. The Labute approximate surface area is 148 Å². The number of fused-ring (bicyclic) bond motifs is 1. The highest BCUT2D eigenvalue weighted by molar-refractivity contribution is 7.14. The maximum atomic E-state index is 12.4. The number of nitrogens with zero attached hydrogens (tertiary/aromatic N) is 3. The lowest BCUT2D eigenvalue weighted by molar-refractivity contribution is -0.139. The predicted molar refractivity (Wildman–Crippen MR) is 94.8 cm³/mol. The number of hydrogen-bond donors (Lipinski definition) is 1. The smallest absolute Gasteiger partial charge is 0.311 e. The molecule has 1 N–H and O–H groups in total. The predicted octanol–water partition coefficient (Wildman–Crippen LogP) is 2.67. The molecule has 0 bridgehead atoms. The van der Waals surface area contributed by atoms with Crippen LogP contribution in [0.5, 0.6) is 0 Å². The number of benzene rings is 1. The summed E-state index contributed by atoms with van der Waals surface area (Å²) in [7, 11) is 1.32. The molecule has 2 aromatic heterocycles. The molecule has 1 aromatic carbocycles. The van der Waals surface area contributed by atoms with Crippen molar-refractivity contribution in [1.82, 2.24) is 15.0 Å². The van der Waals surface area contributed by atoms with Crippen molar-refractivity contribution in [2.24, 2.45) is 0 Å². The first-order chi connectivity index (χ1) is 12.0. The second-order valence-electron chi connectivity index (χ2n) is 5.45. The number of ether oxygens (including phenoxy) is 1. The van der Waals surface area contributed by atoms with Gasteiger partial charge in [0.1, 0.15) is 0 Å². The molecule has 0 radical (unpaired) electrons. The number of aromatic nitrogens is 3. The van der Waals surface area contributed by atoms with E-state index in [-0.39, 0.29) is 18.3 Å². The van der Waals surface area contributed by atoms with Gasteiger partial charge in [-0.2, -0.15) is 0 Å². The SMILES string of the molecule is COC(=O)Cc1csc(NC(=O)c2ccc3nc(C)c(C)nc3c2)n1. The fourth-order valence-electron chi connectivity index (χ4n) is 2.21. The van der Waals surface area contributed by atoms with Crippen LogP contribution >= 0.6 is 11.3 Å². The number of thiazole rings is 1. The first kappa shape index (κ1) is 17.0. The number of amides is 1. The van der Waals surface area contributed by atoms with E-state index >= 15 is 0 Å². The van der Waals surface area contributed by atoms with Gasteiger partial charge >= 0.3 is 5.97 Å². The highest BCUT2D eigenvalue weighted by Crippen LogP contribution is 2.19. The van der Waals surface area contributed by atoms with Gasteiger partial charge in [0.25, 0.3) is 5.91 Å². The van der Waals surface area contributed by atoms with Crippen molar-refractivity contribution in [3.05, 3.63) is 46.2 Å². The molecule has 0 unspecified atom stereocenters. The molecule has 0 aliphatic carbocycles. The number of methoxy groups -OCH3 is 1. The Hall–Kier alpha value is -2.87. The van der Waals surface area contributed by atoms with Crippen LogP contribution in [0.2, 0.25) is 0 Å². The largest absolute Gasteiger partial charge is 0.469 e. The summed E-state index contributed by atoms with van der Waals surface area (Å²) < 4.78 is 4.60. The fraction of sp³-hybridized carbons (Fsp3) is 0.235. The molecule has 8 heteroatoms. The molecule has 3 aromatic rings. The quantitative estimate of drug-likeness (QED) is 0.722. The van der Waals surface area contributed by atoms with Crippen LogP contribution in [0.4, 0.5) is 5.13 Å². The monoisotopic (exact) mass is 356 g/mol. The third-order valence-electron chi connectivity index (χ3n) is 3.66. The van der Waals surface area contributed by atoms with Crippen molar-refractivity contribution in [3.8, 4) is 0 Å². The molecule has 0 atom stereocenters. The molecule has 128 valence electrons. The molecule has 25 heavy (non-hydrogen) atoms. The van der Waals surface area contributed by atoms with Gasteiger partial charge in [0.2, 0.25) is 0 Å². The van der Waals surface area contributed by atoms with Crippen LogP contribution in [0.1, 0.15) is 27.4 Å². The van der Waals surface area contributed by atoms with Crippen molar-refractivity contribution in [3.63, 3.8) is 0 Å². The second-order valence-corrected chi connectivity index (χ2v) is 6.31. The van der Waals surface area contributed by atoms with Gasteiger partial charge in [-0.05, 0) is 32.0 Å². The molecular formula is C17H16N4O3S. The van der Waals surface area contributed by atoms with Gasteiger partial charge in [0, 0.05) is 10.9 Å². The summed E-state index contributed by atoms with van der Waals surface area (Å²) in [5, 5.41) is 4.87. The normalized spacial score (nSPS) is 10.7.